The second kappa shape index (κ2) is 5.94. The molecule has 1 unspecified atom stereocenters. The van der Waals surface area contributed by atoms with Crippen LogP contribution in [-0.2, 0) is 17.5 Å². The maximum Gasteiger partial charge on any atom is 1.00 e. The van der Waals surface area contributed by atoms with E-state index in [-0.39, 0.29) is 29.6 Å². The van der Waals surface area contributed by atoms with Crippen LogP contribution in [-0.4, -0.2) is 8.76 Å². The third-order valence-corrected chi connectivity index (χ3v) is 3.16. The number of rotatable bonds is 2. The maximum absolute atomic E-state index is 10.8. The van der Waals surface area contributed by atoms with Crippen molar-refractivity contribution in [2.75, 3.05) is 0 Å². The number of fused-ring (bicyclic) bond motifs is 1. The van der Waals surface area contributed by atoms with Gasteiger partial charge in [-0.3, -0.25) is 4.21 Å². The van der Waals surface area contributed by atoms with E-state index in [1.54, 1.807) is 12.1 Å². The minimum atomic E-state index is -2.15. The molecule has 0 aliphatic rings. The van der Waals surface area contributed by atoms with Crippen LogP contribution < -0.4 is 29.6 Å². The van der Waals surface area contributed by atoms with Crippen LogP contribution in [0.15, 0.2) is 41.3 Å². The van der Waals surface area contributed by atoms with E-state index in [9.17, 15) is 8.76 Å². The molecule has 0 amide bonds. The van der Waals surface area contributed by atoms with E-state index in [1.807, 2.05) is 24.3 Å². The summed E-state index contributed by atoms with van der Waals surface area (Å²) in [5.41, 5.74) is 1.18. The van der Waals surface area contributed by atoms with Gasteiger partial charge >= 0.3 is 29.6 Å². The molecule has 0 aliphatic heterocycles. The fraction of sp³-hybridized carbons (Fsp3) is 0.167. The summed E-state index contributed by atoms with van der Waals surface area (Å²) < 4.78 is 21.7. The van der Waals surface area contributed by atoms with Crippen molar-refractivity contribution in [2.24, 2.45) is 0 Å². The summed E-state index contributed by atoms with van der Waals surface area (Å²) in [6.07, 6.45) is 0.909. The standard InChI is InChI=1S/C12H12O2S.Na/c1-2-9-4-3-5-10-6-7-11(15(13)14)8-12(9)10;/h3-8H,2H2,1H3,(H,13,14);/q;+1/p-1. The van der Waals surface area contributed by atoms with Crippen molar-refractivity contribution in [2.45, 2.75) is 18.2 Å². The van der Waals surface area contributed by atoms with Gasteiger partial charge in [-0.15, -0.1) is 0 Å². The smallest absolute Gasteiger partial charge is 0.768 e. The predicted molar refractivity (Wildman–Crippen MR) is 60.5 cm³/mol. The molecule has 0 radical (unpaired) electrons. The quantitative estimate of drug-likeness (QED) is 0.533. The average molecular weight is 242 g/mol. The Bertz CT molecular complexity index is 525. The molecule has 0 bridgehead atoms. The molecule has 2 nitrogen and oxygen atoms in total. The Balaban J connectivity index is 0.00000128. The summed E-state index contributed by atoms with van der Waals surface area (Å²) in [5, 5.41) is 2.12. The van der Waals surface area contributed by atoms with Crippen LogP contribution >= 0.6 is 0 Å². The fourth-order valence-electron chi connectivity index (χ4n) is 1.73. The Labute approximate surface area is 120 Å². The third-order valence-electron chi connectivity index (χ3n) is 2.52. The summed E-state index contributed by atoms with van der Waals surface area (Å²) in [5.74, 6) is 0. The summed E-state index contributed by atoms with van der Waals surface area (Å²) >= 11 is -2.15. The van der Waals surface area contributed by atoms with Gasteiger partial charge in [0.25, 0.3) is 0 Å². The molecule has 78 valence electrons. The van der Waals surface area contributed by atoms with Crippen LogP contribution in [0.4, 0.5) is 0 Å². The first-order chi connectivity index (χ1) is 7.22. The average Bonchev–Trinajstić information content (AvgIpc) is 2.27. The Hall–Kier alpha value is -0.190. The van der Waals surface area contributed by atoms with Crippen LogP contribution in [0.25, 0.3) is 10.8 Å². The molecule has 0 saturated heterocycles. The molecule has 0 spiro atoms. The van der Waals surface area contributed by atoms with Crippen LogP contribution in [0, 0.1) is 0 Å². The van der Waals surface area contributed by atoms with E-state index in [2.05, 4.69) is 6.92 Å². The Kier molecular flexibility index (Phi) is 5.15. The van der Waals surface area contributed by atoms with Gasteiger partial charge in [0.05, 0.1) is 0 Å². The van der Waals surface area contributed by atoms with Crippen molar-refractivity contribution in [3.8, 4) is 0 Å². The molecule has 1 atom stereocenters. The summed E-state index contributed by atoms with van der Waals surface area (Å²) in [4.78, 5) is 0.350. The Morgan fingerprint density at radius 1 is 1.25 bits per heavy atom. The summed E-state index contributed by atoms with van der Waals surface area (Å²) in [7, 11) is 0. The molecule has 4 heteroatoms. The maximum atomic E-state index is 10.8. The minimum Gasteiger partial charge on any atom is -0.768 e. The zero-order valence-corrected chi connectivity index (χ0v) is 12.2. The molecule has 16 heavy (non-hydrogen) atoms. The van der Waals surface area contributed by atoms with E-state index in [1.165, 1.54) is 5.56 Å². The molecule has 0 aromatic heterocycles. The number of hydrogen-bond acceptors (Lipinski definition) is 2. The first-order valence-corrected chi connectivity index (χ1v) is 5.91. The van der Waals surface area contributed by atoms with E-state index in [0.717, 1.165) is 17.2 Å². The van der Waals surface area contributed by atoms with Crippen LogP contribution in [0.2, 0.25) is 0 Å². The zero-order chi connectivity index (χ0) is 10.8. The van der Waals surface area contributed by atoms with Crippen molar-refractivity contribution in [1.29, 1.82) is 0 Å². The molecular weight excluding hydrogens is 231 g/mol. The van der Waals surface area contributed by atoms with Crippen molar-refractivity contribution in [3.05, 3.63) is 42.0 Å². The summed E-state index contributed by atoms with van der Waals surface area (Å²) in [6.45, 7) is 2.07. The molecular formula is C12H11NaO2S. The molecule has 2 aromatic carbocycles. The molecule has 2 aromatic rings. The molecule has 0 N–H and O–H groups in total. The van der Waals surface area contributed by atoms with Gasteiger partial charge in [-0.05, 0) is 46.0 Å². The molecule has 0 saturated carbocycles. The van der Waals surface area contributed by atoms with Crippen molar-refractivity contribution >= 4 is 21.9 Å². The van der Waals surface area contributed by atoms with Gasteiger partial charge in [0.2, 0.25) is 0 Å². The Morgan fingerprint density at radius 2 is 2.00 bits per heavy atom. The zero-order valence-electron chi connectivity index (χ0n) is 9.40. The number of hydrogen-bond donors (Lipinski definition) is 0. The van der Waals surface area contributed by atoms with E-state index < -0.39 is 11.1 Å². The third kappa shape index (κ3) is 2.73. The van der Waals surface area contributed by atoms with Gasteiger partial charge in [0, 0.05) is 4.90 Å². The van der Waals surface area contributed by atoms with Crippen molar-refractivity contribution in [1.82, 2.24) is 0 Å². The van der Waals surface area contributed by atoms with Crippen molar-refractivity contribution < 1.29 is 38.3 Å². The van der Waals surface area contributed by atoms with E-state index in [0.29, 0.717) is 4.90 Å². The molecule has 0 heterocycles. The molecule has 0 aliphatic carbocycles. The van der Waals surface area contributed by atoms with E-state index >= 15 is 0 Å². The molecule has 2 rings (SSSR count). The van der Waals surface area contributed by atoms with Crippen molar-refractivity contribution in [3.63, 3.8) is 0 Å². The van der Waals surface area contributed by atoms with Gasteiger partial charge in [-0.2, -0.15) is 0 Å². The summed E-state index contributed by atoms with van der Waals surface area (Å²) in [6, 6.07) is 11.2. The predicted octanol–water partition coefficient (Wildman–Crippen LogP) is -0.356. The largest absolute Gasteiger partial charge is 1.00 e. The van der Waals surface area contributed by atoms with Crippen LogP contribution in [0.5, 0.6) is 0 Å². The fourth-order valence-corrected chi connectivity index (χ4v) is 2.12. The first kappa shape index (κ1) is 13.9. The monoisotopic (exact) mass is 242 g/mol. The topological polar surface area (TPSA) is 40.1 Å². The van der Waals surface area contributed by atoms with Crippen LogP contribution in [0.1, 0.15) is 12.5 Å². The normalized spacial score (nSPS) is 12.1. The second-order valence-corrected chi connectivity index (χ2v) is 4.33. The number of benzene rings is 2. The van der Waals surface area contributed by atoms with Gasteiger partial charge in [-0.25, -0.2) is 0 Å². The second-order valence-electron chi connectivity index (χ2n) is 3.39. The Morgan fingerprint density at radius 3 is 2.62 bits per heavy atom. The molecule has 0 fully saturated rings. The van der Waals surface area contributed by atoms with Gasteiger partial charge < -0.3 is 4.55 Å². The first-order valence-electron chi connectivity index (χ1n) is 4.83. The van der Waals surface area contributed by atoms with E-state index in [4.69, 9.17) is 0 Å². The SMILES string of the molecule is CCc1cccc2ccc(S(=O)[O-])cc12.[Na+]. The van der Waals surface area contributed by atoms with Gasteiger partial charge in [0.15, 0.2) is 0 Å². The van der Waals surface area contributed by atoms with Crippen LogP contribution in [0.3, 0.4) is 0 Å². The minimum absolute atomic E-state index is 0. The van der Waals surface area contributed by atoms with Gasteiger partial charge in [-0.1, -0.05) is 31.2 Å². The van der Waals surface area contributed by atoms with Gasteiger partial charge in [0.1, 0.15) is 0 Å². The number of aryl methyl sites for hydroxylation is 1.